The SMILES string of the molecule is O=C(NCc1cccnc1)c1cncc(Nc2cc(Cl)cc(Cl)c2)c1. The van der Waals surface area contributed by atoms with Gasteiger partial charge in [0.25, 0.3) is 5.91 Å². The van der Waals surface area contributed by atoms with Crippen LogP contribution in [0.1, 0.15) is 15.9 Å². The zero-order valence-corrected chi connectivity index (χ0v) is 14.6. The molecule has 0 saturated heterocycles. The highest BCUT2D eigenvalue weighted by atomic mass is 35.5. The lowest BCUT2D eigenvalue weighted by atomic mass is 10.2. The smallest absolute Gasteiger partial charge is 0.253 e. The number of hydrogen-bond donors (Lipinski definition) is 2. The van der Waals surface area contributed by atoms with Crippen molar-refractivity contribution in [1.82, 2.24) is 15.3 Å². The predicted molar refractivity (Wildman–Crippen MR) is 99.4 cm³/mol. The van der Waals surface area contributed by atoms with Gasteiger partial charge in [0.2, 0.25) is 0 Å². The predicted octanol–water partition coefficient (Wildman–Crippen LogP) is 4.46. The summed E-state index contributed by atoms with van der Waals surface area (Å²) in [5.74, 6) is -0.218. The number of pyridine rings is 2. The molecule has 0 atom stereocenters. The molecule has 0 saturated carbocycles. The molecule has 0 fully saturated rings. The first-order valence-corrected chi connectivity index (χ1v) is 8.21. The van der Waals surface area contributed by atoms with E-state index in [4.69, 9.17) is 23.2 Å². The minimum atomic E-state index is -0.218. The summed E-state index contributed by atoms with van der Waals surface area (Å²) in [6.45, 7) is 0.397. The van der Waals surface area contributed by atoms with Crippen LogP contribution in [0, 0.1) is 0 Å². The van der Waals surface area contributed by atoms with E-state index < -0.39 is 0 Å². The van der Waals surface area contributed by atoms with Crippen LogP contribution >= 0.6 is 23.2 Å². The highest BCUT2D eigenvalue weighted by Crippen LogP contribution is 2.25. The summed E-state index contributed by atoms with van der Waals surface area (Å²) in [5.41, 5.74) is 2.74. The Morgan fingerprint density at radius 1 is 0.960 bits per heavy atom. The monoisotopic (exact) mass is 372 g/mol. The van der Waals surface area contributed by atoms with Crippen molar-refractivity contribution < 1.29 is 4.79 Å². The van der Waals surface area contributed by atoms with E-state index in [1.165, 1.54) is 6.20 Å². The van der Waals surface area contributed by atoms with Gasteiger partial charge in [0.15, 0.2) is 0 Å². The van der Waals surface area contributed by atoms with Crippen LogP contribution in [0.5, 0.6) is 0 Å². The lowest BCUT2D eigenvalue weighted by Gasteiger charge is -2.09. The lowest BCUT2D eigenvalue weighted by molar-refractivity contribution is 0.0950. The van der Waals surface area contributed by atoms with Crippen molar-refractivity contribution in [2.75, 3.05) is 5.32 Å². The van der Waals surface area contributed by atoms with Gasteiger partial charge in [0.05, 0.1) is 17.4 Å². The van der Waals surface area contributed by atoms with Crippen molar-refractivity contribution in [3.63, 3.8) is 0 Å². The van der Waals surface area contributed by atoms with Gasteiger partial charge in [0.1, 0.15) is 0 Å². The summed E-state index contributed by atoms with van der Waals surface area (Å²) < 4.78 is 0. The zero-order chi connectivity index (χ0) is 17.6. The first-order valence-electron chi connectivity index (χ1n) is 7.45. The van der Waals surface area contributed by atoms with Crippen LogP contribution in [0.15, 0.2) is 61.2 Å². The molecule has 0 radical (unpaired) electrons. The second-order valence-corrected chi connectivity index (χ2v) is 6.16. The van der Waals surface area contributed by atoms with E-state index >= 15 is 0 Å². The third kappa shape index (κ3) is 4.92. The van der Waals surface area contributed by atoms with E-state index in [2.05, 4.69) is 20.6 Å². The summed E-state index contributed by atoms with van der Waals surface area (Å²) in [4.78, 5) is 20.4. The van der Waals surface area contributed by atoms with Crippen molar-refractivity contribution in [3.8, 4) is 0 Å². The number of rotatable bonds is 5. The molecule has 25 heavy (non-hydrogen) atoms. The molecule has 0 bridgehead atoms. The van der Waals surface area contributed by atoms with E-state index in [1.807, 2.05) is 12.1 Å². The van der Waals surface area contributed by atoms with Gasteiger partial charge in [-0.25, -0.2) is 0 Å². The summed E-state index contributed by atoms with van der Waals surface area (Å²) in [7, 11) is 0. The molecule has 126 valence electrons. The largest absolute Gasteiger partial charge is 0.354 e. The van der Waals surface area contributed by atoms with E-state index in [0.29, 0.717) is 33.5 Å². The Bertz CT molecular complexity index is 867. The average molecular weight is 373 g/mol. The highest BCUT2D eigenvalue weighted by Gasteiger charge is 2.08. The van der Waals surface area contributed by atoms with Crippen LogP contribution in [-0.4, -0.2) is 15.9 Å². The number of carbonyl (C=O) groups excluding carboxylic acids is 1. The van der Waals surface area contributed by atoms with Gasteiger partial charge in [-0.1, -0.05) is 29.3 Å². The molecular formula is C18H14Cl2N4O. The highest BCUT2D eigenvalue weighted by molar-refractivity contribution is 6.35. The van der Waals surface area contributed by atoms with Gasteiger partial charge in [-0.15, -0.1) is 0 Å². The first kappa shape index (κ1) is 17.2. The third-order valence-electron chi connectivity index (χ3n) is 3.33. The molecule has 5 nitrogen and oxygen atoms in total. The lowest BCUT2D eigenvalue weighted by Crippen LogP contribution is -2.23. The summed E-state index contributed by atoms with van der Waals surface area (Å²) in [6.07, 6.45) is 6.52. The molecule has 1 amide bonds. The molecule has 2 heterocycles. The normalized spacial score (nSPS) is 10.3. The van der Waals surface area contributed by atoms with Crippen molar-refractivity contribution >= 4 is 40.5 Å². The Balaban J connectivity index is 1.69. The summed E-state index contributed by atoms with van der Waals surface area (Å²) in [5, 5.41) is 7.01. The third-order valence-corrected chi connectivity index (χ3v) is 3.76. The molecule has 2 aromatic heterocycles. The van der Waals surface area contributed by atoms with Crippen LogP contribution in [0.3, 0.4) is 0 Å². The fourth-order valence-electron chi connectivity index (χ4n) is 2.21. The first-order chi connectivity index (χ1) is 12.1. The molecule has 0 aliphatic carbocycles. The van der Waals surface area contributed by atoms with Crippen molar-refractivity contribution in [2.45, 2.75) is 6.54 Å². The number of anilines is 2. The second kappa shape index (κ2) is 7.96. The van der Waals surface area contributed by atoms with Gasteiger partial charge >= 0.3 is 0 Å². The standard InChI is InChI=1S/C18H14Cl2N4O/c19-14-5-15(20)7-16(6-14)24-17-4-13(10-22-11-17)18(25)23-9-12-2-1-3-21-8-12/h1-8,10-11,24H,9H2,(H,23,25). The Hall–Kier alpha value is -2.63. The zero-order valence-electron chi connectivity index (χ0n) is 13.0. The maximum absolute atomic E-state index is 12.3. The fourth-order valence-corrected chi connectivity index (χ4v) is 2.74. The maximum Gasteiger partial charge on any atom is 0.253 e. The van der Waals surface area contributed by atoms with Crippen molar-refractivity contribution in [1.29, 1.82) is 0 Å². The van der Waals surface area contributed by atoms with Gasteiger partial charge in [-0.3, -0.25) is 14.8 Å². The van der Waals surface area contributed by atoms with Gasteiger partial charge < -0.3 is 10.6 Å². The number of amides is 1. The van der Waals surface area contributed by atoms with Gasteiger partial charge in [0, 0.05) is 40.9 Å². The van der Waals surface area contributed by atoms with E-state index in [-0.39, 0.29) is 5.91 Å². The Morgan fingerprint density at radius 2 is 1.76 bits per heavy atom. The van der Waals surface area contributed by atoms with Crippen LogP contribution in [-0.2, 0) is 6.54 Å². The van der Waals surface area contributed by atoms with E-state index in [9.17, 15) is 4.79 Å². The van der Waals surface area contributed by atoms with Crippen molar-refractivity contribution in [2.24, 2.45) is 0 Å². The van der Waals surface area contributed by atoms with Crippen molar-refractivity contribution in [3.05, 3.63) is 82.4 Å². The van der Waals surface area contributed by atoms with Crippen LogP contribution in [0.25, 0.3) is 0 Å². The molecule has 3 rings (SSSR count). The van der Waals surface area contributed by atoms with Gasteiger partial charge in [-0.2, -0.15) is 0 Å². The molecule has 0 unspecified atom stereocenters. The molecule has 3 aromatic rings. The summed E-state index contributed by atoms with van der Waals surface area (Å²) in [6, 6.07) is 10.6. The van der Waals surface area contributed by atoms with Crippen LogP contribution < -0.4 is 10.6 Å². The number of aromatic nitrogens is 2. The molecular weight excluding hydrogens is 359 g/mol. The van der Waals surface area contributed by atoms with Gasteiger partial charge in [-0.05, 0) is 35.9 Å². The molecule has 0 aliphatic heterocycles. The minimum Gasteiger partial charge on any atom is -0.354 e. The van der Waals surface area contributed by atoms with Crippen LogP contribution in [0.2, 0.25) is 10.0 Å². The Labute approximate surface area is 155 Å². The molecule has 1 aromatic carbocycles. The topological polar surface area (TPSA) is 66.9 Å². The maximum atomic E-state index is 12.3. The number of benzene rings is 1. The fraction of sp³-hybridized carbons (Fsp3) is 0.0556. The Kier molecular flexibility index (Phi) is 5.48. The number of nitrogens with one attached hydrogen (secondary N) is 2. The van der Waals surface area contributed by atoms with Crippen LogP contribution in [0.4, 0.5) is 11.4 Å². The molecule has 0 aliphatic rings. The number of carbonyl (C=O) groups is 1. The minimum absolute atomic E-state index is 0.218. The number of hydrogen-bond acceptors (Lipinski definition) is 4. The molecule has 2 N–H and O–H groups in total. The quantitative estimate of drug-likeness (QED) is 0.693. The molecule has 7 heteroatoms. The second-order valence-electron chi connectivity index (χ2n) is 5.29. The number of nitrogens with zero attached hydrogens (tertiary/aromatic N) is 2. The Morgan fingerprint density at radius 3 is 2.48 bits per heavy atom. The molecule has 0 spiro atoms. The van der Waals surface area contributed by atoms with E-state index in [1.54, 1.807) is 42.9 Å². The summed E-state index contributed by atoms with van der Waals surface area (Å²) >= 11 is 12.0. The number of halogens is 2. The average Bonchev–Trinajstić information content (AvgIpc) is 2.60. The van der Waals surface area contributed by atoms with E-state index in [0.717, 1.165) is 5.56 Å².